The minimum atomic E-state index is -0.863. The van der Waals surface area contributed by atoms with Gasteiger partial charge in [0.25, 0.3) is 0 Å². The molecule has 2 atom stereocenters. The second kappa shape index (κ2) is 2.75. The van der Waals surface area contributed by atoms with Crippen LogP contribution in [0.15, 0.2) is 0 Å². The predicted octanol–water partition coefficient (Wildman–Crippen LogP) is -2.09. The zero-order valence-electron chi connectivity index (χ0n) is 5.74. The number of ether oxygens (including phenoxy) is 1. The minimum absolute atomic E-state index is 0.0439. The highest BCUT2D eigenvalue weighted by Crippen LogP contribution is 2.02. The first kappa shape index (κ1) is 7.80. The van der Waals surface area contributed by atoms with E-state index in [1.807, 2.05) is 0 Å². The largest absolute Gasteiger partial charge is 0.447 e. The molecule has 1 saturated heterocycles. The van der Waals surface area contributed by atoms with Gasteiger partial charge in [0.05, 0.1) is 6.04 Å². The van der Waals surface area contributed by atoms with Crippen LogP contribution in [0.25, 0.3) is 0 Å². The summed E-state index contributed by atoms with van der Waals surface area (Å²) in [7, 11) is 0. The van der Waals surface area contributed by atoms with Gasteiger partial charge in [-0.15, -0.1) is 0 Å². The van der Waals surface area contributed by atoms with E-state index in [-0.39, 0.29) is 18.6 Å². The van der Waals surface area contributed by atoms with E-state index in [1.165, 1.54) is 0 Å². The molecular weight excluding hydrogens is 150 g/mol. The summed E-state index contributed by atoms with van der Waals surface area (Å²) in [4.78, 5) is 20.6. The van der Waals surface area contributed by atoms with Gasteiger partial charge in [0.1, 0.15) is 12.6 Å². The van der Waals surface area contributed by atoms with Gasteiger partial charge in [-0.1, -0.05) is 0 Å². The van der Waals surface area contributed by atoms with Crippen LogP contribution in [0.5, 0.6) is 0 Å². The SMILES string of the molecule is NC(=O)OC[C@H]1NC(=O)[C@H]1N. The summed E-state index contributed by atoms with van der Waals surface area (Å²) >= 11 is 0. The molecule has 11 heavy (non-hydrogen) atoms. The van der Waals surface area contributed by atoms with E-state index in [1.54, 1.807) is 0 Å². The maximum absolute atomic E-state index is 10.5. The molecule has 0 radical (unpaired) electrons. The van der Waals surface area contributed by atoms with Gasteiger partial charge < -0.3 is 21.5 Å². The molecule has 62 valence electrons. The van der Waals surface area contributed by atoms with Crippen molar-refractivity contribution in [2.75, 3.05) is 6.61 Å². The Hall–Kier alpha value is -1.30. The lowest BCUT2D eigenvalue weighted by molar-refractivity contribution is -0.131. The van der Waals surface area contributed by atoms with Crippen molar-refractivity contribution in [2.24, 2.45) is 11.5 Å². The predicted molar refractivity (Wildman–Crippen MR) is 35.4 cm³/mol. The van der Waals surface area contributed by atoms with Gasteiger partial charge in [0.2, 0.25) is 5.91 Å². The Morgan fingerprint density at radius 3 is 2.73 bits per heavy atom. The molecule has 1 aliphatic heterocycles. The highest BCUT2D eigenvalue weighted by molar-refractivity contribution is 5.89. The summed E-state index contributed by atoms with van der Waals surface area (Å²) < 4.78 is 4.41. The quantitative estimate of drug-likeness (QED) is 0.401. The molecule has 0 aromatic rings. The van der Waals surface area contributed by atoms with Crippen molar-refractivity contribution in [3.8, 4) is 0 Å². The molecule has 6 heteroatoms. The Balaban J connectivity index is 2.20. The normalized spacial score (nSPS) is 28.6. The molecule has 2 amide bonds. The van der Waals surface area contributed by atoms with E-state index >= 15 is 0 Å². The first-order valence-corrected chi connectivity index (χ1v) is 3.09. The number of hydrogen-bond donors (Lipinski definition) is 3. The van der Waals surface area contributed by atoms with Crippen LogP contribution < -0.4 is 16.8 Å². The lowest BCUT2D eigenvalue weighted by atomic mass is 10.0. The molecule has 0 aliphatic carbocycles. The van der Waals surface area contributed by atoms with Crippen LogP contribution in [0.1, 0.15) is 0 Å². The summed E-state index contributed by atoms with van der Waals surface area (Å²) in [5.74, 6) is -0.233. The number of nitrogens with one attached hydrogen (secondary N) is 1. The van der Waals surface area contributed by atoms with Crippen LogP contribution in [0.2, 0.25) is 0 Å². The van der Waals surface area contributed by atoms with Crippen molar-refractivity contribution in [3.63, 3.8) is 0 Å². The first-order valence-electron chi connectivity index (χ1n) is 3.09. The van der Waals surface area contributed by atoms with E-state index in [9.17, 15) is 9.59 Å². The fourth-order valence-electron chi connectivity index (χ4n) is 0.772. The smallest absolute Gasteiger partial charge is 0.404 e. The number of β-lactam (4-membered cyclic amide) rings is 1. The van der Waals surface area contributed by atoms with E-state index in [0.29, 0.717) is 0 Å². The second-order valence-electron chi connectivity index (χ2n) is 2.27. The topological polar surface area (TPSA) is 107 Å². The number of hydrogen-bond acceptors (Lipinski definition) is 4. The van der Waals surface area contributed by atoms with Crippen molar-refractivity contribution in [1.29, 1.82) is 0 Å². The molecule has 0 saturated carbocycles. The third kappa shape index (κ3) is 1.58. The maximum Gasteiger partial charge on any atom is 0.404 e. The van der Waals surface area contributed by atoms with Gasteiger partial charge >= 0.3 is 6.09 Å². The molecule has 6 nitrogen and oxygen atoms in total. The van der Waals surface area contributed by atoms with Crippen LogP contribution >= 0.6 is 0 Å². The van der Waals surface area contributed by atoms with E-state index < -0.39 is 12.1 Å². The first-order chi connectivity index (χ1) is 5.11. The van der Waals surface area contributed by atoms with E-state index in [0.717, 1.165) is 0 Å². The van der Waals surface area contributed by atoms with Crippen molar-refractivity contribution in [3.05, 3.63) is 0 Å². The number of carbonyl (C=O) groups excluding carboxylic acids is 2. The van der Waals surface area contributed by atoms with Gasteiger partial charge in [-0.05, 0) is 0 Å². The third-order valence-corrected chi connectivity index (χ3v) is 1.47. The van der Waals surface area contributed by atoms with Gasteiger partial charge in [-0.25, -0.2) is 4.79 Å². The Kier molecular flexibility index (Phi) is 1.95. The standard InChI is InChI=1S/C5H9N3O3/c6-3-2(8-4(3)9)1-11-5(7)10/h2-3H,1,6H2,(H2,7,10)(H,8,9)/t2-,3+/m1/s1. The number of rotatable bonds is 2. The fourth-order valence-corrected chi connectivity index (χ4v) is 0.772. The van der Waals surface area contributed by atoms with Gasteiger partial charge in [-0.3, -0.25) is 4.79 Å². The molecule has 1 rings (SSSR count). The molecule has 0 aromatic carbocycles. The van der Waals surface area contributed by atoms with Crippen LogP contribution in [-0.4, -0.2) is 30.7 Å². The summed E-state index contributed by atoms with van der Waals surface area (Å²) in [6.45, 7) is 0.0439. The van der Waals surface area contributed by atoms with Crippen molar-refractivity contribution >= 4 is 12.0 Å². The van der Waals surface area contributed by atoms with E-state index in [4.69, 9.17) is 5.73 Å². The van der Waals surface area contributed by atoms with Crippen molar-refractivity contribution < 1.29 is 14.3 Å². The highest BCUT2D eigenvalue weighted by Gasteiger charge is 2.36. The summed E-state index contributed by atoms with van der Waals surface area (Å²) in [5, 5.41) is 2.45. The third-order valence-electron chi connectivity index (χ3n) is 1.47. The molecule has 1 aliphatic rings. The lowest BCUT2D eigenvalue weighted by Crippen LogP contribution is -2.68. The highest BCUT2D eigenvalue weighted by atomic mass is 16.5. The van der Waals surface area contributed by atoms with Crippen LogP contribution in [0, 0.1) is 0 Å². The Morgan fingerprint density at radius 1 is 1.73 bits per heavy atom. The van der Waals surface area contributed by atoms with Gasteiger partial charge in [0, 0.05) is 0 Å². The monoisotopic (exact) mass is 159 g/mol. The molecule has 1 fully saturated rings. The molecule has 0 bridgehead atoms. The molecule has 0 unspecified atom stereocenters. The summed E-state index contributed by atoms with van der Waals surface area (Å²) in [6.07, 6.45) is -0.863. The van der Waals surface area contributed by atoms with Gasteiger partial charge in [-0.2, -0.15) is 0 Å². The van der Waals surface area contributed by atoms with E-state index in [2.05, 4.69) is 15.8 Å². The number of carbonyl (C=O) groups is 2. The average molecular weight is 159 g/mol. The molecular formula is C5H9N3O3. The molecule has 0 spiro atoms. The Morgan fingerprint density at radius 2 is 2.36 bits per heavy atom. The summed E-state index contributed by atoms with van der Waals surface area (Å²) in [6, 6.07) is -0.857. The molecule has 1 heterocycles. The van der Waals surface area contributed by atoms with Crippen LogP contribution in [-0.2, 0) is 9.53 Å². The van der Waals surface area contributed by atoms with Crippen molar-refractivity contribution in [1.82, 2.24) is 5.32 Å². The Bertz CT molecular complexity index is 193. The second-order valence-corrected chi connectivity index (χ2v) is 2.27. The molecule has 5 N–H and O–H groups in total. The maximum atomic E-state index is 10.5. The fraction of sp³-hybridized carbons (Fsp3) is 0.600. The zero-order valence-corrected chi connectivity index (χ0v) is 5.74. The minimum Gasteiger partial charge on any atom is -0.447 e. The average Bonchev–Trinajstić information content (AvgIpc) is 1.96. The number of amides is 2. The lowest BCUT2D eigenvalue weighted by Gasteiger charge is -2.32. The molecule has 0 aromatic heterocycles. The van der Waals surface area contributed by atoms with Crippen molar-refractivity contribution in [2.45, 2.75) is 12.1 Å². The summed E-state index contributed by atoms with van der Waals surface area (Å²) in [5.41, 5.74) is 9.99. The Labute approximate surface area is 62.9 Å². The van der Waals surface area contributed by atoms with Crippen LogP contribution in [0.3, 0.4) is 0 Å². The zero-order chi connectivity index (χ0) is 8.43. The van der Waals surface area contributed by atoms with Crippen LogP contribution in [0.4, 0.5) is 4.79 Å². The van der Waals surface area contributed by atoms with Gasteiger partial charge in [0.15, 0.2) is 0 Å². The number of nitrogens with two attached hydrogens (primary N) is 2. The number of primary amides is 1.